The smallest absolute Gasteiger partial charge is 0.278 e. The quantitative estimate of drug-likeness (QED) is 0.197. The van der Waals surface area contributed by atoms with Gasteiger partial charge >= 0.3 is 0 Å². The SMILES string of the molecule is C=CCN1C(=O)/C(=C/c2ccc(OC)c(OC)c2)S/C1=N/NC(=O)COc1cc(Cl)c(Cl)cc1Cl. The highest BCUT2D eigenvalue weighted by atomic mass is 35.5. The van der Waals surface area contributed by atoms with Crippen LogP contribution in [0, 0.1) is 0 Å². The summed E-state index contributed by atoms with van der Waals surface area (Å²) in [4.78, 5) is 27.0. The van der Waals surface area contributed by atoms with Crippen molar-refractivity contribution in [3.63, 3.8) is 0 Å². The molecule has 0 unspecified atom stereocenters. The molecule has 0 aliphatic carbocycles. The fraction of sp³-hybridized carbons (Fsp3) is 0.174. The van der Waals surface area contributed by atoms with Gasteiger partial charge < -0.3 is 14.2 Å². The molecular formula is C23H20Cl3N3O5S. The third kappa shape index (κ3) is 6.64. The number of nitrogens with one attached hydrogen (secondary N) is 1. The summed E-state index contributed by atoms with van der Waals surface area (Å²) in [6, 6.07) is 8.11. The van der Waals surface area contributed by atoms with Crippen molar-refractivity contribution >= 4 is 69.6 Å². The Labute approximate surface area is 221 Å². The fourth-order valence-corrected chi connectivity index (χ4v) is 4.42. The Bertz CT molecular complexity index is 1220. The van der Waals surface area contributed by atoms with E-state index in [4.69, 9.17) is 49.0 Å². The van der Waals surface area contributed by atoms with Gasteiger partial charge in [0, 0.05) is 12.6 Å². The second kappa shape index (κ2) is 12.2. The molecule has 8 nitrogen and oxygen atoms in total. The number of benzene rings is 2. The number of carbonyl (C=O) groups is 2. The monoisotopic (exact) mass is 555 g/mol. The van der Waals surface area contributed by atoms with Crippen LogP contribution >= 0.6 is 46.6 Å². The van der Waals surface area contributed by atoms with Crippen molar-refractivity contribution in [2.45, 2.75) is 0 Å². The summed E-state index contributed by atoms with van der Waals surface area (Å²) in [6.45, 7) is 3.50. The minimum absolute atomic E-state index is 0.197. The minimum atomic E-state index is -0.566. The van der Waals surface area contributed by atoms with Crippen LogP contribution in [0.4, 0.5) is 0 Å². The maximum absolute atomic E-state index is 12.9. The summed E-state index contributed by atoms with van der Waals surface area (Å²) in [6.07, 6.45) is 3.26. The number of amides is 2. The lowest BCUT2D eigenvalue weighted by atomic mass is 10.2. The first kappa shape index (κ1) is 26.7. The van der Waals surface area contributed by atoms with Crippen molar-refractivity contribution in [1.82, 2.24) is 10.3 Å². The van der Waals surface area contributed by atoms with E-state index in [0.717, 1.165) is 17.3 Å². The van der Waals surface area contributed by atoms with Crippen LogP contribution in [-0.2, 0) is 9.59 Å². The van der Waals surface area contributed by atoms with Crippen LogP contribution in [0.3, 0.4) is 0 Å². The Morgan fingerprint density at radius 3 is 2.49 bits per heavy atom. The molecule has 35 heavy (non-hydrogen) atoms. The molecule has 12 heteroatoms. The first-order valence-electron chi connectivity index (χ1n) is 9.95. The number of halogens is 3. The average molecular weight is 557 g/mol. The van der Waals surface area contributed by atoms with Gasteiger partial charge in [-0.15, -0.1) is 11.7 Å². The highest BCUT2D eigenvalue weighted by Crippen LogP contribution is 2.35. The Morgan fingerprint density at radius 1 is 1.09 bits per heavy atom. The van der Waals surface area contributed by atoms with Crippen molar-refractivity contribution in [2.75, 3.05) is 27.4 Å². The van der Waals surface area contributed by atoms with E-state index in [2.05, 4.69) is 17.1 Å². The van der Waals surface area contributed by atoms with Gasteiger partial charge in [0.15, 0.2) is 23.3 Å². The van der Waals surface area contributed by atoms with Crippen molar-refractivity contribution in [3.8, 4) is 17.2 Å². The molecule has 1 heterocycles. The first-order chi connectivity index (χ1) is 16.8. The van der Waals surface area contributed by atoms with Crippen LogP contribution in [0.25, 0.3) is 6.08 Å². The topological polar surface area (TPSA) is 89.5 Å². The van der Waals surface area contributed by atoms with Gasteiger partial charge in [-0.25, -0.2) is 5.43 Å². The van der Waals surface area contributed by atoms with Crippen molar-refractivity contribution in [2.24, 2.45) is 5.10 Å². The van der Waals surface area contributed by atoms with Gasteiger partial charge in [0.2, 0.25) is 0 Å². The van der Waals surface area contributed by atoms with Crippen LogP contribution in [0.15, 0.2) is 53.0 Å². The zero-order chi connectivity index (χ0) is 25.5. The number of carbonyl (C=O) groups excluding carboxylic acids is 2. The molecule has 2 aromatic carbocycles. The van der Waals surface area contributed by atoms with Gasteiger partial charge in [0.1, 0.15) is 5.75 Å². The number of hydrazone groups is 1. The molecule has 184 valence electrons. The Morgan fingerprint density at radius 2 is 1.80 bits per heavy atom. The predicted molar refractivity (Wildman–Crippen MR) is 140 cm³/mol. The van der Waals surface area contributed by atoms with E-state index in [1.54, 1.807) is 37.5 Å². The van der Waals surface area contributed by atoms with E-state index >= 15 is 0 Å². The van der Waals surface area contributed by atoms with Gasteiger partial charge in [0.25, 0.3) is 11.8 Å². The van der Waals surface area contributed by atoms with Gasteiger partial charge in [-0.2, -0.15) is 0 Å². The third-order valence-electron chi connectivity index (χ3n) is 4.51. The first-order valence-corrected chi connectivity index (χ1v) is 11.9. The number of hydrogen-bond donors (Lipinski definition) is 1. The summed E-state index contributed by atoms with van der Waals surface area (Å²) in [5, 5.41) is 5.07. The summed E-state index contributed by atoms with van der Waals surface area (Å²) in [7, 11) is 3.07. The molecule has 0 spiro atoms. The highest BCUT2D eigenvalue weighted by molar-refractivity contribution is 8.18. The van der Waals surface area contributed by atoms with Crippen LogP contribution in [0.5, 0.6) is 17.2 Å². The molecule has 0 saturated carbocycles. The summed E-state index contributed by atoms with van der Waals surface area (Å²) < 4.78 is 15.9. The van der Waals surface area contributed by atoms with Gasteiger partial charge in [0.05, 0.1) is 34.2 Å². The summed E-state index contributed by atoms with van der Waals surface area (Å²) >= 11 is 19.0. The fourth-order valence-electron chi connectivity index (χ4n) is 2.88. The number of thioether (sulfide) groups is 1. The zero-order valence-corrected chi connectivity index (χ0v) is 21.7. The summed E-state index contributed by atoms with van der Waals surface area (Å²) in [5.74, 6) is 0.453. The minimum Gasteiger partial charge on any atom is -0.493 e. The molecule has 0 bridgehead atoms. The largest absolute Gasteiger partial charge is 0.493 e. The van der Waals surface area contributed by atoms with Crippen molar-refractivity contribution < 1.29 is 23.8 Å². The van der Waals surface area contributed by atoms with Gasteiger partial charge in [-0.3, -0.25) is 14.5 Å². The Balaban J connectivity index is 1.72. The van der Waals surface area contributed by atoms with E-state index in [1.807, 2.05) is 0 Å². The van der Waals surface area contributed by atoms with Gasteiger partial charge in [-0.1, -0.05) is 46.9 Å². The lowest BCUT2D eigenvalue weighted by Gasteiger charge is -2.12. The molecule has 1 aliphatic rings. The molecule has 1 aliphatic heterocycles. The van der Waals surface area contributed by atoms with Gasteiger partial charge in [-0.05, 0) is 41.6 Å². The molecule has 0 aromatic heterocycles. The van der Waals surface area contributed by atoms with Crippen LogP contribution in [0.2, 0.25) is 15.1 Å². The maximum atomic E-state index is 12.9. The number of amidine groups is 1. The third-order valence-corrected chi connectivity index (χ3v) is 6.54. The van der Waals surface area contributed by atoms with E-state index in [-0.39, 0.29) is 45.0 Å². The summed E-state index contributed by atoms with van der Waals surface area (Å²) in [5.41, 5.74) is 3.11. The number of hydrogen-bond acceptors (Lipinski definition) is 7. The standard InChI is InChI=1S/C23H20Cl3N3O5S/c1-4-7-29-22(31)20(9-13-5-6-17(32-2)19(8-13)33-3)35-23(29)28-27-21(30)12-34-18-11-15(25)14(24)10-16(18)26/h4-6,8-11H,1,7,12H2,2-3H3,(H,27,30)/b20-9-,28-23+. The average Bonchev–Trinajstić information content (AvgIpc) is 3.13. The van der Waals surface area contributed by atoms with E-state index in [1.165, 1.54) is 24.1 Å². The predicted octanol–water partition coefficient (Wildman–Crippen LogP) is 5.23. The second-order valence-electron chi connectivity index (χ2n) is 6.84. The number of nitrogens with zero attached hydrogens (tertiary/aromatic N) is 2. The lowest BCUT2D eigenvalue weighted by Crippen LogP contribution is -2.32. The molecule has 2 amide bonds. The maximum Gasteiger partial charge on any atom is 0.278 e. The number of rotatable bonds is 9. The highest BCUT2D eigenvalue weighted by Gasteiger charge is 2.33. The van der Waals surface area contributed by atoms with E-state index in [0.29, 0.717) is 16.4 Å². The molecule has 1 saturated heterocycles. The molecule has 1 fully saturated rings. The molecule has 3 rings (SSSR count). The lowest BCUT2D eigenvalue weighted by molar-refractivity contribution is -0.123. The van der Waals surface area contributed by atoms with Crippen LogP contribution < -0.4 is 19.6 Å². The number of methoxy groups -OCH3 is 2. The molecular weight excluding hydrogens is 537 g/mol. The Hall–Kier alpha value is -2.85. The van der Waals surface area contributed by atoms with Crippen LogP contribution in [-0.4, -0.2) is 49.3 Å². The normalized spacial score (nSPS) is 15.5. The van der Waals surface area contributed by atoms with Crippen LogP contribution in [0.1, 0.15) is 5.56 Å². The molecule has 0 radical (unpaired) electrons. The van der Waals surface area contributed by atoms with E-state index < -0.39 is 5.91 Å². The number of ether oxygens (including phenoxy) is 3. The van der Waals surface area contributed by atoms with Crippen molar-refractivity contribution in [3.05, 3.63) is 68.5 Å². The molecule has 0 atom stereocenters. The molecule has 1 N–H and O–H groups in total. The second-order valence-corrected chi connectivity index (χ2v) is 9.07. The van der Waals surface area contributed by atoms with E-state index in [9.17, 15) is 9.59 Å². The zero-order valence-electron chi connectivity index (χ0n) is 18.6. The molecule has 2 aromatic rings. The Kier molecular flexibility index (Phi) is 9.33. The van der Waals surface area contributed by atoms with Crippen molar-refractivity contribution in [1.29, 1.82) is 0 Å².